The molecular weight excluding hydrogens is 709 g/mol. The number of carbonyl (C=O) groups is 3. The maximum absolute atomic E-state index is 12.9. The van der Waals surface area contributed by atoms with Gasteiger partial charge in [0.25, 0.3) is 0 Å². The number of rotatable bonds is 36. The van der Waals surface area contributed by atoms with E-state index in [1.54, 1.807) is 0 Å². The molecule has 0 saturated heterocycles. The van der Waals surface area contributed by atoms with Crippen molar-refractivity contribution in [3.05, 3.63) is 0 Å². The van der Waals surface area contributed by atoms with Gasteiger partial charge < -0.3 is 9.47 Å². The molecule has 2 fully saturated rings. The number of hydrogen-bond acceptors (Lipinski definition) is 7. The van der Waals surface area contributed by atoms with Crippen molar-refractivity contribution >= 4 is 41.2 Å². The van der Waals surface area contributed by atoms with Gasteiger partial charge in [0, 0.05) is 37.2 Å². The van der Waals surface area contributed by atoms with Gasteiger partial charge in [0.1, 0.15) is 18.0 Å². The van der Waals surface area contributed by atoms with Gasteiger partial charge in [-0.15, -0.1) is 0 Å². The van der Waals surface area contributed by atoms with Crippen LogP contribution in [0.1, 0.15) is 232 Å². The zero-order valence-corrected chi connectivity index (χ0v) is 37.2. The molecule has 0 N–H and O–H groups in total. The summed E-state index contributed by atoms with van der Waals surface area (Å²) < 4.78 is 12.1. The highest BCUT2D eigenvalue weighted by atomic mass is 32.2. The second-order valence-electron chi connectivity index (χ2n) is 17.1. The lowest BCUT2D eigenvalue weighted by Crippen LogP contribution is -2.22. The Morgan fingerprint density at radius 2 is 0.815 bits per heavy atom. The normalized spacial score (nSPS) is 16.6. The summed E-state index contributed by atoms with van der Waals surface area (Å²) in [6.45, 7) is 4.49. The molecule has 0 aromatic rings. The monoisotopic (exact) mass is 795 g/mol. The summed E-state index contributed by atoms with van der Waals surface area (Å²) in [6.07, 6.45) is 38.0. The predicted octanol–water partition coefficient (Wildman–Crippen LogP) is 14.4. The van der Waals surface area contributed by atoms with E-state index in [2.05, 4.69) is 13.8 Å². The smallest absolute Gasteiger partial charge is 0.306 e. The molecule has 5 nitrogen and oxygen atoms in total. The van der Waals surface area contributed by atoms with Crippen LogP contribution >= 0.6 is 23.5 Å². The van der Waals surface area contributed by atoms with Crippen molar-refractivity contribution in [1.29, 1.82) is 0 Å². The molecule has 0 spiro atoms. The molecular formula is C47H86O5S2. The van der Waals surface area contributed by atoms with E-state index in [4.69, 9.17) is 9.47 Å². The van der Waals surface area contributed by atoms with Gasteiger partial charge in [-0.3, -0.25) is 14.4 Å². The lowest BCUT2D eigenvalue weighted by atomic mass is 9.91. The maximum Gasteiger partial charge on any atom is 0.306 e. The average molecular weight is 795 g/mol. The van der Waals surface area contributed by atoms with E-state index in [1.807, 2.05) is 23.5 Å². The molecule has 0 aromatic carbocycles. The van der Waals surface area contributed by atoms with Gasteiger partial charge in [-0.05, 0) is 100 Å². The van der Waals surface area contributed by atoms with Crippen molar-refractivity contribution in [2.75, 3.05) is 23.0 Å². The number of Topliss-reactive ketones (excluding diaryl/α,β-unsaturated/α-hetero) is 1. The van der Waals surface area contributed by atoms with Crippen LogP contribution in [-0.2, 0) is 23.9 Å². The van der Waals surface area contributed by atoms with Crippen LogP contribution in [0.2, 0.25) is 0 Å². The Bertz CT molecular complexity index is 831. The van der Waals surface area contributed by atoms with E-state index in [1.165, 1.54) is 140 Å². The van der Waals surface area contributed by atoms with Crippen LogP contribution < -0.4 is 0 Å². The van der Waals surface area contributed by atoms with Gasteiger partial charge >= 0.3 is 11.9 Å². The van der Waals surface area contributed by atoms with Gasteiger partial charge in [-0.1, -0.05) is 129 Å². The fraction of sp³-hybridized carbons (Fsp3) is 0.936. The number of ether oxygens (including phenoxy) is 2. The average Bonchev–Trinajstić information content (AvgIpc) is 3.18. The van der Waals surface area contributed by atoms with Crippen LogP contribution in [0.25, 0.3) is 0 Å². The highest BCUT2D eigenvalue weighted by molar-refractivity contribution is 7.99. The van der Waals surface area contributed by atoms with Crippen molar-refractivity contribution in [3.8, 4) is 0 Å². The first-order valence-electron chi connectivity index (χ1n) is 23.6. The van der Waals surface area contributed by atoms with Gasteiger partial charge in [0.15, 0.2) is 0 Å². The minimum Gasteiger partial charge on any atom is -0.461 e. The molecule has 2 atom stereocenters. The Morgan fingerprint density at radius 1 is 0.463 bits per heavy atom. The molecule has 0 radical (unpaired) electrons. The quantitative estimate of drug-likeness (QED) is 0.0462. The summed E-state index contributed by atoms with van der Waals surface area (Å²) in [5, 5.41) is 0. The third-order valence-corrected chi connectivity index (χ3v) is 14.4. The van der Waals surface area contributed by atoms with Crippen molar-refractivity contribution in [1.82, 2.24) is 0 Å². The molecule has 316 valence electrons. The molecule has 0 bridgehead atoms. The first kappa shape index (κ1) is 49.5. The summed E-state index contributed by atoms with van der Waals surface area (Å²) in [5.74, 6) is 6.06. The number of unbranched alkanes of at least 4 members (excludes halogenated alkanes) is 14. The zero-order chi connectivity index (χ0) is 38.7. The topological polar surface area (TPSA) is 69.7 Å². The minimum absolute atomic E-state index is 0.0305. The number of ketones is 1. The van der Waals surface area contributed by atoms with E-state index in [9.17, 15) is 14.4 Å². The summed E-state index contributed by atoms with van der Waals surface area (Å²) in [6, 6.07) is 0. The molecule has 0 aliphatic heterocycles. The van der Waals surface area contributed by atoms with Crippen LogP contribution in [0.3, 0.4) is 0 Å². The van der Waals surface area contributed by atoms with Crippen LogP contribution in [0.15, 0.2) is 0 Å². The van der Waals surface area contributed by atoms with E-state index < -0.39 is 0 Å². The van der Waals surface area contributed by atoms with E-state index in [0.29, 0.717) is 31.5 Å². The van der Waals surface area contributed by atoms with Crippen molar-refractivity contribution in [3.63, 3.8) is 0 Å². The minimum atomic E-state index is -0.0350. The number of thioether (sulfide) groups is 2. The second kappa shape index (κ2) is 35.5. The Hall–Kier alpha value is -0.690. The summed E-state index contributed by atoms with van der Waals surface area (Å²) in [5.41, 5.74) is 0. The predicted molar refractivity (Wildman–Crippen MR) is 235 cm³/mol. The Kier molecular flexibility index (Phi) is 32.5. The highest BCUT2D eigenvalue weighted by Crippen LogP contribution is 2.29. The number of esters is 2. The first-order chi connectivity index (χ1) is 26.5. The van der Waals surface area contributed by atoms with Crippen molar-refractivity contribution < 1.29 is 23.9 Å². The van der Waals surface area contributed by atoms with Crippen LogP contribution in [0, 0.1) is 11.8 Å². The van der Waals surface area contributed by atoms with Crippen molar-refractivity contribution in [2.45, 2.75) is 244 Å². The fourth-order valence-corrected chi connectivity index (χ4v) is 10.8. The van der Waals surface area contributed by atoms with Gasteiger partial charge in [0.05, 0.1) is 0 Å². The SMILES string of the molecule is CCCCCCCCCC(=O)OC(CCCCC(=O)CCCCC(CSCC1CCCCC1)OC(=O)CCCCCCCCC)CSCC1CCCCC1. The maximum atomic E-state index is 12.9. The Balaban J connectivity index is 1.67. The van der Waals surface area contributed by atoms with Crippen molar-refractivity contribution in [2.24, 2.45) is 11.8 Å². The Labute approximate surface area is 342 Å². The molecule has 0 heterocycles. The van der Waals surface area contributed by atoms with E-state index >= 15 is 0 Å². The largest absolute Gasteiger partial charge is 0.461 e. The Morgan fingerprint density at radius 3 is 1.20 bits per heavy atom. The molecule has 2 aliphatic rings. The number of carbonyl (C=O) groups excluding carboxylic acids is 3. The zero-order valence-electron chi connectivity index (χ0n) is 35.5. The molecule has 2 unspecified atom stereocenters. The summed E-state index contributed by atoms with van der Waals surface area (Å²) in [4.78, 5) is 38.4. The summed E-state index contributed by atoms with van der Waals surface area (Å²) in [7, 11) is 0. The number of hydrogen-bond donors (Lipinski definition) is 0. The third-order valence-electron chi connectivity index (χ3n) is 11.8. The summed E-state index contributed by atoms with van der Waals surface area (Å²) >= 11 is 3.95. The molecule has 2 aliphatic carbocycles. The van der Waals surface area contributed by atoms with Gasteiger partial charge in [-0.25, -0.2) is 0 Å². The van der Waals surface area contributed by atoms with Crippen LogP contribution in [0.5, 0.6) is 0 Å². The van der Waals surface area contributed by atoms with Gasteiger partial charge in [-0.2, -0.15) is 23.5 Å². The molecule has 54 heavy (non-hydrogen) atoms. The molecule has 0 aromatic heterocycles. The third kappa shape index (κ3) is 28.7. The molecule has 2 saturated carbocycles. The van der Waals surface area contributed by atoms with Crippen LogP contribution in [0.4, 0.5) is 0 Å². The van der Waals surface area contributed by atoms with Crippen LogP contribution in [-0.4, -0.2) is 52.9 Å². The second-order valence-corrected chi connectivity index (χ2v) is 19.2. The lowest BCUT2D eigenvalue weighted by molar-refractivity contribution is -0.149. The molecule has 7 heteroatoms. The lowest BCUT2D eigenvalue weighted by Gasteiger charge is -2.23. The van der Waals surface area contributed by atoms with E-state index in [0.717, 1.165) is 87.5 Å². The van der Waals surface area contributed by atoms with Gasteiger partial charge in [0.2, 0.25) is 0 Å². The fourth-order valence-electron chi connectivity index (χ4n) is 8.25. The highest BCUT2D eigenvalue weighted by Gasteiger charge is 2.20. The molecule has 0 amide bonds. The standard InChI is InChI=1S/C47H86O5S2/c1-3-5-7-9-11-13-21-35-46(49)51-44(39-53-37-41-27-17-15-18-28-41)33-25-23-31-43(48)32-24-26-34-45(40-54-38-42-29-19-16-20-30-42)52-47(50)36-22-14-12-10-8-6-4-2/h41-42,44-45H,3-40H2,1-2H3. The molecule has 2 rings (SSSR count). The first-order valence-corrected chi connectivity index (χ1v) is 25.9. The van der Waals surface area contributed by atoms with E-state index in [-0.39, 0.29) is 24.1 Å².